The zero-order chi connectivity index (χ0) is 63.1. The number of carbonyl (C=O) groups excluding carboxylic acids is 2. The van der Waals surface area contributed by atoms with E-state index in [4.69, 9.17) is 21.2 Å². The van der Waals surface area contributed by atoms with Crippen LogP contribution >= 0.6 is 0 Å². The molecule has 0 aromatic heterocycles. The molecule has 0 radical (unpaired) electrons. The van der Waals surface area contributed by atoms with Crippen LogP contribution in [-0.2, 0) is 35.3 Å². The van der Waals surface area contributed by atoms with Crippen molar-refractivity contribution in [1.82, 2.24) is 26.6 Å². The third-order valence-electron chi connectivity index (χ3n) is 25.0. The number of guanidine groups is 1. The van der Waals surface area contributed by atoms with Crippen molar-refractivity contribution in [1.29, 1.82) is 0 Å². The average Bonchev–Trinajstić information content (AvgIpc) is 1.51. The lowest BCUT2D eigenvalue weighted by Gasteiger charge is -2.56. The number of aryl methyl sites for hydroxylation is 2. The van der Waals surface area contributed by atoms with Gasteiger partial charge in [0.2, 0.25) is 5.96 Å². The number of carbonyl (C=O) groups is 2. The standard InChI is InChI=1S/C78H100N8O6/c1-92-69-39-64-55(37-68(69)90)32-58-45-84-72(79)40-65(58)52(29-49-13-7-12-48(28-49)19-18-47-10-3-2-4-11-47)16-8-26-83-76(80)85-60-33-53-22-24-78-70-21-20-50(30-61(88)38-62(89)35-59(64)46-87)41-77(70,42-66-63-23-27-81-44-57(63)31-54-17-9-25-82-74(54)66)43-71(78)86-67(36-56(34-60)73(53)78)75(91)51-14-5-6-15-51/h2-4,7,9-13,17,28,35-37,39-40,45,50-54,57,60,63,66-67,70-75,81-82,84,86-87,90-91H,5-6,14-16,18-25,27,29-34,38,41-44,46,79H2,1H3,(H3,80,83,85)/b59-35+/t50-,52+,53-,54+,57-,60+,63+,66+,67-,70+,71-,72?,73-,74-,75-,77-,78+/m1/s1. The Kier molecular flexibility index (Phi) is 18.7. The molecular formula is C78H100N8O6. The Morgan fingerprint density at radius 3 is 2.59 bits per heavy atom. The van der Waals surface area contributed by atoms with Crippen LogP contribution in [0.3, 0.4) is 0 Å². The molecule has 1 unspecified atom stereocenters. The number of hydrogen-bond acceptors (Lipinski definition) is 14. The summed E-state index contributed by atoms with van der Waals surface area (Å²) in [6, 6.07) is 26.4. The van der Waals surface area contributed by atoms with E-state index >= 15 is 0 Å². The van der Waals surface area contributed by atoms with Crippen LogP contribution in [0, 0.1) is 82.0 Å². The van der Waals surface area contributed by atoms with E-state index in [9.17, 15) is 24.9 Å². The van der Waals surface area contributed by atoms with Crippen molar-refractivity contribution in [3.05, 3.63) is 148 Å². The van der Waals surface area contributed by atoms with Gasteiger partial charge in [-0.2, -0.15) is 4.99 Å². The van der Waals surface area contributed by atoms with Gasteiger partial charge in [-0.1, -0.05) is 97.2 Å². The maximum atomic E-state index is 14.8. The zero-order valence-corrected chi connectivity index (χ0v) is 54.1. The lowest BCUT2D eigenvalue weighted by molar-refractivity contribution is -0.126. The summed E-state index contributed by atoms with van der Waals surface area (Å²) in [4.78, 5) is 34.2. The van der Waals surface area contributed by atoms with E-state index in [2.05, 4.69) is 111 Å². The number of fused-ring (bicyclic) bond motifs is 2. The number of aliphatic hydroxyl groups excluding tert-OH is 2. The first-order chi connectivity index (χ1) is 44.8. The number of dihydropyridines is 1. The second-order valence-corrected chi connectivity index (χ2v) is 30.3. The highest BCUT2D eigenvalue weighted by Crippen LogP contribution is 2.74. The van der Waals surface area contributed by atoms with Gasteiger partial charge in [-0.25, -0.2) is 0 Å². The molecule has 14 nitrogen and oxygen atoms in total. The van der Waals surface area contributed by atoms with Crippen molar-refractivity contribution in [3.8, 4) is 23.5 Å². The first-order valence-corrected chi connectivity index (χ1v) is 35.5. The minimum absolute atomic E-state index is 0.00304. The minimum Gasteiger partial charge on any atom is -0.504 e. The highest BCUT2D eigenvalue weighted by atomic mass is 16.5. The molecule has 1 saturated heterocycles. The van der Waals surface area contributed by atoms with Gasteiger partial charge in [0.25, 0.3) is 0 Å². The molecule has 8 aliphatic heterocycles. The molecule has 14 aliphatic rings. The molecule has 488 valence electrons. The van der Waals surface area contributed by atoms with Crippen molar-refractivity contribution in [2.24, 2.45) is 86.5 Å². The van der Waals surface area contributed by atoms with Gasteiger partial charge in [-0.05, 0) is 261 Å². The van der Waals surface area contributed by atoms with Crippen LogP contribution in [0.2, 0.25) is 0 Å². The summed E-state index contributed by atoms with van der Waals surface area (Å²) in [5.74, 6) is 7.26. The number of benzene rings is 3. The molecule has 1 spiro atoms. The number of Topliss-reactive ketones (excluding diaryl/α,β-unsaturated/α-hetero) is 1. The molecule has 7 fully saturated rings. The van der Waals surface area contributed by atoms with Crippen LogP contribution < -0.4 is 42.8 Å². The number of piperidine rings is 1. The molecular weight excluding hydrogens is 1140 g/mol. The molecule has 6 saturated carbocycles. The molecule has 6 aliphatic carbocycles. The highest BCUT2D eigenvalue weighted by Gasteiger charge is 2.71. The molecule has 92 heavy (non-hydrogen) atoms. The van der Waals surface area contributed by atoms with E-state index in [0.717, 1.165) is 133 Å². The van der Waals surface area contributed by atoms with Crippen molar-refractivity contribution < 1.29 is 29.6 Å². The summed E-state index contributed by atoms with van der Waals surface area (Å²) in [7, 11) is 1.49. The molecule has 8 heterocycles. The number of phenols is 1. The maximum absolute atomic E-state index is 14.8. The van der Waals surface area contributed by atoms with Crippen LogP contribution in [0.25, 0.3) is 5.57 Å². The molecule has 12 N–H and O–H groups in total. The summed E-state index contributed by atoms with van der Waals surface area (Å²) in [5.41, 5.74) is 22.3. The van der Waals surface area contributed by atoms with Gasteiger partial charge in [0.05, 0.1) is 38.4 Å². The van der Waals surface area contributed by atoms with Gasteiger partial charge in [0.15, 0.2) is 17.3 Å². The van der Waals surface area contributed by atoms with Gasteiger partial charge < -0.3 is 58.1 Å². The summed E-state index contributed by atoms with van der Waals surface area (Å²) < 4.78 is 5.68. The first-order valence-electron chi connectivity index (χ1n) is 35.5. The fourth-order valence-corrected chi connectivity index (χ4v) is 21.6. The summed E-state index contributed by atoms with van der Waals surface area (Å²) in [5, 5.41) is 54.9. The van der Waals surface area contributed by atoms with Crippen LogP contribution in [0.4, 0.5) is 0 Å². The number of hydrogen-bond donors (Lipinski definition) is 10. The van der Waals surface area contributed by atoms with Crippen molar-refractivity contribution in [2.75, 3.05) is 33.4 Å². The number of methoxy groups -OCH3 is 1. The molecule has 14 heteroatoms. The number of rotatable bonds is 11. The normalized spacial score (nSPS) is 36.4. The Morgan fingerprint density at radius 1 is 0.902 bits per heavy atom. The van der Waals surface area contributed by atoms with E-state index in [-0.39, 0.29) is 76.2 Å². The summed E-state index contributed by atoms with van der Waals surface area (Å²) >= 11 is 0. The fourth-order valence-electron chi connectivity index (χ4n) is 21.6. The van der Waals surface area contributed by atoms with E-state index in [1.54, 1.807) is 12.1 Å². The Morgan fingerprint density at radius 2 is 1.74 bits per heavy atom. The van der Waals surface area contributed by atoms with E-state index < -0.39 is 18.9 Å². The Hall–Kier alpha value is -6.31. The first kappa shape index (κ1) is 63.1. The van der Waals surface area contributed by atoms with Gasteiger partial charge in [-0.15, -0.1) is 0 Å². The molecule has 8 bridgehead atoms. The molecule has 3 aromatic rings. The second-order valence-electron chi connectivity index (χ2n) is 30.3. The quantitative estimate of drug-likeness (QED) is 0.0491. The predicted molar refractivity (Wildman–Crippen MR) is 363 cm³/mol. The lowest BCUT2D eigenvalue weighted by atomic mass is 9.50. The smallest absolute Gasteiger partial charge is 0.202 e. The van der Waals surface area contributed by atoms with Crippen molar-refractivity contribution in [2.45, 2.75) is 178 Å². The summed E-state index contributed by atoms with van der Waals surface area (Å²) in [6.07, 6.45) is 31.3. The van der Waals surface area contributed by atoms with Crippen LogP contribution in [0.1, 0.15) is 143 Å². The zero-order valence-electron chi connectivity index (χ0n) is 54.1. The maximum Gasteiger partial charge on any atom is 0.202 e. The van der Waals surface area contributed by atoms with Crippen molar-refractivity contribution >= 4 is 23.1 Å². The lowest BCUT2D eigenvalue weighted by Crippen LogP contribution is -2.57. The third-order valence-corrected chi connectivity index (χ3v) is 25.0. The largest absolute Gasteiger partial charge is 0.504 e. The number of nitrogens with one attached hydrogen (secondary N) is 5. The number of aromatic hydroxyl groups is 1. The van der Waals surface area contributed by atoms with Gasteiger partial charge >= 0.3 is 0 Å². The third kappa shape index (κ3) is 12.8. The van der Waals surface area contributed by atoms with Crippen LogP contribution in [0.15, 0.2) is 125 Å². The van der Waals surface area contributed by atoms with Gasteiger partial charge in [-0.3, -0.25) is 9.59 Å². The van der Waals surface area contributed by atoms with Crippen LogP contribution in [-0.4, -0.2) is 103 Å². The van der Waals surface area contributed by atoms with E-state index in [1.165, 1.54) is 42.7 Å². The topological polar surface area (TPSA) is 229 Å². The minimum atomic E-state index is -0.485. The molecule has 17 atom stereocenters. The Balaban J connectivity index is 0.841. The number of ketones is 2. The fraction of sp³-hybridized carbons (Fsp3) is 0.577. The highest BCUT2D eigenvalue weighted by molar-refractivity contribution is 6.08. The number of aliphatic imine (C=N–C) groups is 1. The van der Waals surface area contributed by atoms with Crippen LogP contribution in [0.5, 0.6) is 11.5 Å². The van der Waals surface area contributed by atoms with Gasteiger partial charge in [0.1, 0.15) is 5.78 Å². The number of nitrogens with two attached hydrogens (primary N) is 2. The van der Waals surface area contributed by atoms with Crippen molar-refractivity contribution in [3.63, 3.8) is 0 Å². The number of allylic oxidation sites excluding steroid dienone is 3. The predicted octanol–water partition coefficient (Wildman–Crippen LogP) is 9.43. The molecule has 17 rings (SSSR count). The monoisotopic (exact) mass is 1240 g/mol. The van der Waals surface area contributed by atoms with E-state index in [1.807, 2.05) is 12.3 Å². The molecule has 0 amide bonds. The average molecular weight is 1250 g/mol. The number of ether oxygens (including phenoxy) is 1. The summed E-state index contributed by atoms with van der Waals surface area (Å²) in [6.45, 7) is 2.56. The SMILES string of the molecule is COc1cc2c(cc1O)CC1=CNC(N)C=C1[C@H](Cc1cccc(CCc3ccccc3)c1)CC#CN=C(N)N[C@@H]1CC3=C[C@H]([C@H](O)C4CCCC4)N[C@@H]4C[C@]5(C[C@H]6[C@H]7CCNC[C@H]7C[C@@H]7C=CCN[C@@H]67)C[C@H](CC[C@@H]5[C@@]45CC[C@H](C1)[C@H]35)CC(=O)CC(=O)/C=C/2CO. The second kappa shape index (κ2) is 27.2. The number of phenolic OH excluding ortho intramolecular Hbond substituents is 1. The Labute approximate surface area is 545 Å². The van der Waals surface area contributed by atoms with E-state index in [0.29, 0.717) is 95.8 Å². The van der Waals surface area contributed by atoms with Gasteiger partial charge in [0, 0.05) is 49.8 Å². The number of aliphatic hydroxyl groups is 2. The Bertz CT molecular complexity index is 3480. The number of nitrogens with zero attached hydrogens (tertiary/aromatic N) is 1. The molecule has 3 aromatic carbocycles.